The highest BCUT2D eigenvalue weighted by Crippen LogP contribution is 2.35. The molecule has 0 fully saturated rings. The largest absolute Gasteiger partial charge is 0.469 e. The average Bonchev–Trinajstić information content (AvgIpc) is 3.25. The van der Waals surface area contributed by atoms with Crippen LogP contribution in [0.15, 0.2) is 18.5 Å². The molecule has 31 heavy (non-hydrogen) atoms. The quantitative estimate of drug-likeness (QED) is 0.539. The lowest BCUT2D eigenvalue weighted by Crippen LogP contribution is -2.52. The molecule has 9 nitrogen and oxygen atoms in total. The summed E-state index contributed by atoms with van der Waals surface area (Å²) in [5.41, 5.74) is 0.524. The first-order valence-corrected chi connectivity index (χ1v) is 9.15. The predicted molar refractivity (Wildman–Crippen MR) is 98.1 cm³/mol. The molecule has 2 amide bonds. The van der Waals surface area contributed by atoms with Gasteiger partial charge in [0.15, 0.2) is 17.5 Å². The second-order valence-corrected chi connectivity index (χ2v) is 6.68. The Kier molecular flexibility index (Phi) is 6.47. The van der Waals surface area contributed by atoms with Crippen LogP contribution in [-0.2, 0) is 25.5 Å². The van der Waals surface area contributed by atoms with Gasteiger partial charge >= 0.3 is 18.0 Å². The zero-order valence-electron chi connectivity index (χ0n) is 16.6. The summed E-state index contributed by atoms with van der Waals surface area (Å²) in [4.78, 5) is 44.7. The van der Waals surface area contributed by atoms with E-state index in [0.29, 0.717) is 12.1 Å². The van der Waals surface area contributed by atoms with E-state index in [1.807, 2.05) is 0 Å². The van der Waals surface area contributed by atoms with Crippen molar-refractivity contribution in [3.05, 3.63) is 52.9 Å². The lowest BCUT2D eigenvalue weighted by atomic mass is 9.95. The van der Waals surface area contributed by atoms with Gasteiger partial charge in [0.1, 0.15) is 12.1 Å². The lowest BCUT2D eigenvalue weighted by Gasteiger charge is -2.36. The number of urea groups is 1. The van der Waals surface area contributed by atoms with Gasteiger partial charge in [0.2, 0.25) is 0 Å². The number of rotatable bonds is 5. The Labute approximate surface area is 174 Å². The number of esters is 2. The molecule has 2 atom stereocenters. The number of nitrogens with one attached hydrogen (secondary N) is 2. The Bertz CT molecular complexity index is 1010. The number of nitrogens with zero attached hydrogens (tertiary/aromatic N) is 2. The van der Waals surface area contributed by atoms with Crippen LogP contribution in [0.5, 0.6) is 0 Å². The first-order valence-electron chi connectivity index (χ1n) is 9.15. The molecule has 0 spiro atoms. The van der Waals surface area contributed by atoms with Crippen LogP contribution in [-0.4, -0.2) is 59.6 Å². The van der Waals surface area contributed by atoms with Crippen LogP contribution >= 0.6 is 0 Å². The summed E-state index contributed by atoms with van der Waals surface area (Å²) in [5, 5.41) is 2.35. The molecule has 1 aromatic heterocycles. The van der Waals surface area contributed by atoms with Gasteiger partial charge in [0, 0.05) is 24.2 Å². The van der Waals surface area contributed by atoms with Crippen LogP contribution in [0.3, 0.4) is 0 Å². The van der Waals surface area contributed by atoms with E-state index in [4.69, 9.17) is 0 Å². The number of halogens is 3. The number of methoxy groups -OCH3 is 2. The second kappa shape index (κ2) is 9.06. The number of ether oxygens (including phenoxy) is 2. The highest BCUT2D eigenvalue weighted by Gasteiger charge is 2.38. The molecule has 0 saturated carbocycles. The first kappa shape index (κ1) is 22.1. The zero-order chi connectivity index (χ0) is 22.7. The van der Waals surface area contributed by atoms with Crippen LogP contribution in [0.2, 0.25) is 0 Å². The number of hydrogen-bond donors (Lipinski definition) is 2. The Morgan fingerprint density at radius 1 is 1.23 bits per heavy atom. The molecule has 3 rings (SSSR count). The Morgan fingerprint density at radius 2 is 1.97 bits per heavy atom. The molecular formula is C19H19F3N4O5. The summed E-state index contributed by atoms with van der Waals surface area (Å²) in [7, 11) is 2.19. The Hall–Kier alpha value is -3.57. The molecule has 166 valence electrons. The highest BCUT2D eigenvalue weighted by atomic mass is 19.2. The van der Waals surface area contributed by atoms with Crippen LogP contribution in [0.1, 0.15) is 29.4 Å². The van der Waals surface area contributed by atoms with E-state index in [0.717, 1.165) is 31.3 Å². The van der Waals surface area contributed by atoms with Gasteiger partial charge in [0.25, 0.3) is 0 Å². The van der Waals surface area contributed by atoms with Crippen molar-refractivity contribution in [2.45, 2.75) is 24.9 Å². The summed E-state index contributed by atoms with van der Waals surface area (Å²) in [5.74, 6) is -6.19. The number of aromatic nitrogens is 2. The number of carbonyl (C=O) groups is 3. The maximum atomic E-state index is 14.6. The summed E-state index contributed by atoms with van der Waals surface area (Å²) in [6.45, 7) is 0.0379. The number of benzene rings is 1. The summed E-state index contributed by atoms with van der Waals surface area (Å²) >= 11 is 0. The third-order valence-corrected chi connectivity index (χ3v) is 4.93. The molecule has 1 unspecified atom stereocenters. The molecule has 2 aromatic rings. The molecule has 2 heterocycles. The van der Waals surface area contributed by atoms with Gasteiger partial charge in [-0.05, 0) is 6.07 Å². The summed E-state index contributed by atoms with van der Waals surface area (Å²) in [6, 6.07) is -1.67. The topological polar surface area (TPSA) is 114 Å². The number of fused-ring (bicyclic) bond motifs is 1. The van der Waals surface area contributed by atoms with Gasteiger partial charge in [-0.15, -0.1) is 0 Å². The van der Waals surface area contributed by atoms with E-state index in [2.05, 4.69) is 24.8 Å². The summed E-state index contributed by atoms with van der Waals surface area (Å²) in [6.07, 6.45) is 1.15. The highest BCUT2D eigenvalue weighted by molar-refractivity contribution is 5.87. The number of amides is 2. The lowest BCUT2D eigenvalue weighted by molar-refractivity contribution is -0.149. The second-order valence-electron chi connectivity index (χ2n) is 6.68. The maximum absolute atomic E-state index is 14.6. The monoisotopic (exact) mass is 440 g/mol. The average molecular weight is 440 g/mol. The minimum Gasteiger partial charge on any atom is -0.469 e. The van der Waals surface area contributed by atoms with Gasteiger partial charge < -0.3 is 24.7 Å². The third-order valence-electron chi connectivity index (χ3n) is 4.93. The van der Waals surface area contributed by atoms with Crippen molar-refractivity contribution in [1.29, 1.82) is 0 Å². The molecule has 0 aliphatic carbocycles. The van der Waals surface area contributed by atoms with E-state index < -0.39 is 53.9 Å². The van der Waals surface area contributed by atoms with Crippen molar-refractivity contribution >= 4 is 18.0 Å². The molecule has 1 aromatic carbocycles. The number of hydrogen-bond acceptors (Lipinski definition) is 6. The molecule has 1 aliphatic heterocycles. The molecule has 12 heteroatoms. The fraction of sp³-hybridized carbons (Fsp3) is 0.368. The summed E-state index contributed by atoms with van der Waals surface area (Å²) < 4.78 is 51.1. The van der Waals surface area contributed by atoms with Gasteiger partial charge in [-0.3, -0.25) is 4.79 Å². The van der Waals surface area contributed by atoms with Crippen molar-refractivity contribution in [2.75, 3.05) is 20.8 Å². The minimum absolute atomic E-state index is 0.0379. The molecule has 2 N–H and O–H groups in total. The molecule has 1 aliphatic rings. The number of imidazole rings is 1. The Morgan fingerprint density at radius 3 is 2.65 bits per heavy atom. The SMILES string of the molecule is COC(=O)C[C@H](NC(=O)N1CCc2[nH]cnc2C1c1ccc(F)c(F)c1F)C(=O)OC. The van der Waals surface area contributed by atoms with Crippen molar-refractivity contribution in [3.8, 4) is 0 Å². The standard InChI is InChI=1S/C19H19F3N4O5/c1-30-13(27)7-12(18(28)31-2)25-19(29)26-6-5-11-16(24-8-23-11)17(26)9-3-4-10(20)15(22)14(9)21/h3-4,8,12,17H,5-7H2,1-2H3,(H,23,24)(H,25,29)/t12-,17?/m0/s1. The number of carbonyl (C=O) groups excluding carboxylic acids is 3. The van der Waals surface area contributed by atoms with E-state index in [1.165, 1.54) is 6.33 Å². The van der Waals surface area contributed by atoms with Crippen LogP contribution in [0.4, 0.5) is 18.0 Å². The van der Waals surface area contributed by atoms with E-state index >= 15 is 0 Å². The molecular weight excluding hydrogens is 421 g/mol. The van der Waals surface area contributed by atoms with Gasteiger partial charge in [-0.1, -0.05) is 6.07 Å². The fourth-order valence-corrected chi connectivity index (χ4v) is 3.38. The van der Waals surface area contributed by atoms with Crippen molar-refractivity contribution in [1.82, 2.24) is 20.2 Å². The van der Waals surface area contributed by atoms with Gasteiger partial charge in [-0.2, -0.15) is 0 Å². The van der Waals surface area contributed by atoms with Crippen molar-refractivity contribution in [3.63, 3.8) is 0 Å². The fourth-order valence-electron chi connectivity index (χ4n) is 3.38. The zero-order valence-corrected chi connectivity index (χ0v) is 16.6. The van der Waals surface area contributed by atoms with E-state index in [9.17, 15) is 27.6 Å². The van der Waals surface area contributed by atoms with Gasteiger partial charge in [0.05, 0.1) is 32.7 Å². The van der Waals surface area contributed by atoms with Crippen LogP contribution in [0, 0.1) is 17.5 Å². The van der Waals surface area contributed by atoms with E-state index in [-0.39, 0.29) is 17.8 Å². The van der Waals surface area contributed by atoms with E-state index in [1.54, 1.807) is 0 Å². The first-order chi connectivity index (χ1) is 14.8. The molecule has 0 saturated heterocycles. The van der Waals surface area contributed by atoms with Crippen molar-refractivity contribution in [2.24, 2.45) is 0 Å². The smallest absolute Gasteiger partial charge is 0.329 e. The van der Waals surface area contributed by atoms with Crippen molar-refractivity contribution < 1.29 is 37.0 Å². The van der Waals surface area contributed by atoms with Crippen LogP contribution < -0.4 is 5.32 Å². The number of aromatic amines is 1. The molecule has 0 bridgehead atoms. The predicted octanol–water partition coefficient (Wildman–Crippen LogP) is 1.59. The normalized spacial score (nSPS) is 16.3. The Balaban J connectivity index is 1.96. The number of H-pyrrole nitrogens is 1. The third kappa shape index (κ3) is 4.32. The minimum atomic E-state index is -1.68. The van der Waals surface area contributed by atoms with Crippen LogP contribution in [0.25, 0.3) is 0 Å². The van der Waals surface area contributed by atoms with Gasteiger partial charge in [-0.25, -0.2) is 27.7 Å². The molecule has 0 radical (unpaired) electrons. The maximum Gasteiger partial charge on any atom is 0.329 e.